The lowest BCUT2D eigenvalue weighted by molar-refractivity contribution is -0.116. The van der Waals surface area contributed by atoms with Crippen molar-refractivity contribution in [3.05, 3.63) is 59.4 Å². The minimum absolute atomic E-state index is 0.0251. The number of carbonyl (C=O) groups excluding carboxylic acids is 1. The second-order valence-electron chi connectivity index (χ2n) is 5.59. The summed E-state index contributed by atoms with van der Waals surface area (Å²) in [6.45, 7) is 3.98. The molecule has 3 aromatic rings. The molecule has 0 aliphatic heterocycles. The van der Waals surface area contributed by atoms with Crippen LogP contribution in [0.1, 0.15) is 23.4 Å². The first-order chi connectivity index (χ1) is 10.6. The molecule has 1 heterocycles. The molecule has 0 bridgehead atoms. The number of anilines is 1. The Labute approximate surface area is 129 Å². The largest absolute Gasteiger partial charge is 0.342 e. The molecule has 2 aromatic carbocycles. The average molecular weight is 293 g/mol. The van der Waals surface area contributed by atoms with Crippen molar-refractivity contribution in [3.63, 3.8) is 0 Å². The first-order valence-corrected chi connectivity index (χ1v) is 7.42. The third kappa shape index (κ3) is 3.34. The molecule has 0 unspecified atom stereocenters. The van der Waals surface area contributed by atoms with Crippen molar-refractivity contribution >= 4 is 22.6 Å². The summed E-state index contributed by atoms with van der Waals surface area (Å²) in [6, 6.07) is 14.0. The highest BCUT2D eigenvalue weighted by Crippen LogP contribution is 2.17. The van der Waals surface area contributed by atoms with Crippen LogP contribution in [0.4, 0.5) is 5.69 Å². The number of H-pyrrole nitrogens is 1. The van der Waals surface area contributed by atoms with Crippen molar-refractivity contribution in [3.8, 4) is 0 Å². The van der Waals surface area contributed by atoms with Gasteiger partial charge < -0.3 is 10.3 Å². The molecular weight excluding hydrogens is 274 g/mol. The molecule has 112 valence electrons. The maximum Gasteiger partial charge on any atom is 0.224 e. The molecule has 3 rings (SSSR count). The first-order valence-electron chi connectivity index (χ1n) is 7.42. The number of aryl methyl sites for hydroxylation is 3. The summed E-state index contributed by atoms with van der Waals surface area (Å²) in [5.74, 6) is 0.898. The zero-order valence-electron chi connectivity index (χ0n) is 12.8. The van der Waals surface area contributed by atoms with E-state index in [1.54, 1.807) is 0 Å². The molecule has 0 aliphatic carbocycles. The molecule has 0 atom stereocenters. The fourth-order valence-corrected chi connectivity index (χ4v) is 2.56. The number of nitrogens with zero attached hydrogens (tertiary/aromatic N) is 1. The highest BCUT2D eigenvalue weighted by molar-refractivity contribution is 5.93. The van der Waals surface area contributed by atoms with Crippen molar-refractivity contribution in [2.24, 2.45) is 0 Å². The third-order valence-electron chi connectivity index (χ3n) is 3.61. The van der Waals surface area contributed by atoms with E-state index >= 15 is 0 Å². The van der Waals surface area contributed by atoms with Crippen molar-refractivity contribution in [1.29, 1.82) is 0 Å². The van der Waals surface area contributed by atoms with E-state index in [0.29, 0.717) is 6.42 Å². The van der Waals surface area contributed by atoms with Gasteiger partial charge in [-0.15, -0.1) is 0 Å². The summed E-state index contributed by atoms with van der Waals surface area (Å²) in [7, 11) is 0. The standard InChI is InChI=1S/C18H19N3O/c1-12-4-3-5-14(10-12)6-9-18(22)21-15-7-8-16-17(11-15)20-13(2)19-16/h3-5,7-8,10-11H,6,9H2,1-2H3,(H,19,20)(H,21,22). The van der Waals surface area contributed by atoms with Crippen molar-refractivity contribution in [2.75, 3.05) is 5.32 Å². The van der Waals surface area contributed by atoms with Crippen LogP contribution in [-0.2, 0) is 11.2 Å². The number of benzene rings is 2. The zero-order chi connectivity index (χ0) is 15.5. The van der Waals surface area contributed by atoms with Gasteiger partial charge in [0.15, 0.2) is 0 Å². The number of nitrogens with one attached hydrogen (secondary N) is 2. The summed E-state index contributed by atoms with van der Waals surface area (Å²) in [5, 5.41) is 2.94. The van der Waals surface area contributed by atoms with Crippen LogP contribution in [0.2, 0.25) is 0 Å². The number of carbonyl (C=O) groups is 1. The van der Waals surface area contributed by atoms with E-state index in [2.05, 4.69) is 40.4 Å². The van der Waals surface area contributed by atoms with Gasteiger partial charge in [0.1, 0.15) is 5.82 Å². The van der Waals surface area contributed by atoms with Crippen LogP contribution in [0, 0.1) is 13.8 Å². The predicted molar refractivity (Wildman–Crippen MR) is 89.0 cm³/mol. The van der Waals surface area contributed by atoms with Gasteiger partial charge in [0.2, 0.25) is 5.91 Å². The Balaban J connectivity index is 1.62. The van der Waals surface area contributed by atoms with E-state index in [-0.39, 0.29) is 5.91 Å². The topological polar surface area (TPSA) is 57.8 Å². The summed E-state index contributed by atoms with van der Waals surface area (Å²) in [4.78, 5) is 19.6. The Morgan fingerprint density at radius 2 is 2.05 bits per heavy atom. The molecule has 0 radical (unpaired) electrons. The Kier molecular flexibility index (Phi) is 3.92. The minimum Gasteiger partial charge on any atom is -0.342 e. The molecule has 0 spiro atoms. The van der Waals surface area contributed by atoms with E-state index < -0.39 is 0 Å². The number of aromatic nitrogens is 2. The minimum atomic E-state index is 0.0251. The number of imidazole rings is 1. The molecule has 0 aliphatic rings. The number of fused-ring (bicyclic) bond motifs is 1. The third-order valence-corrected chi connectivity index (χ3v) is 3.61. The lowest BCUT2D eigenvalue weighted by Crippen LogP contribution is -2.12. The van der Waals surface area contributed by atoms with Crippen LogP contribution in [0.25, 0.3) is 11.0 Å². The van der Waals surface area contributed by atoms with Crippen LogP contribution in [0.15, 0.2) is 42.5 Å². The van der Waals surface area contributed by atoms with Gasteiger partial charge in [-0.05, 0) is 44.0 Å². The summed E-state index contributed by atoms with van der Waals surface area (Å²) >= 11 is 0. The van der Waals surface area contributed by atoms with Gasteiger partial charge in [-0.2, -0.15) is 0 Å². The normalized spacial score (nSPS) is 10.8. The molecule has 0 saturated heterocycles. The molecule has 0 fully saturated rings. The average Bonchev–Trinajstić information content (AvgIpc) is 2.84. The van der Waals surface area contributed by atoms with E-state index in [4.69, 9.17) is 0 Å². The molecule has 1 aromatic heterocycles. The van der Waals surface area contributed by atoms with Gasteiger partial charge in [-0.25, -0.2) is 4.98 Å². The van der Waals surface area contributed by atoms with E-state index in [1.807, 2.05) is 31.2 Å². The maximum absolute atomic E-state index is 12.1. The Hall–Kier alpha value is -2.62. The van der Waals surface area contributed by atoms with Gasteiger partial charge in [-0.3, -0.25) is 4.79 Å². The predicted octanol–water partition coefficient (Wildman–Crippen LogP) is 3.75. The fourth-order valence-electron chi connectivity index (χ4n) is 2.56. The number of rotatable bonds is 4. The van der Waals surface area contributed by atoms with Gasteiger partial charge in [-0.1, -0.05) is 29.8 Å². The van der Waals surface area contributed by atoms with Crippen LogP contribution >= 0.6 is 0 Å². The van der Waals surface area contributed by atoms with Crippen molar-refractivity contribution in [2.45, 2.75) is 26.7 Å². The first kappa shape index (κ1) is 14.3. The molecular formula is C18H19N3O. The number of hydrogen-bond donors (Lipinski definition) is 2. The van der Waals surface area contributed by atoms with Crippen molar-refractivity contribution < 1.29 is 4.79 Å². The molecule has 1 amide bonds. The smallest absolute Gasteiger partial charge is 0.224 e. The van der Waals surface area contributed by atoms with Gasteiger partial charge in [0.25, 0.3) is 0 Å². The van der Waals surface area contributed by atoms with Crippen LogP contribution < -0.4 is 5.32 Å². The van der Waals surface area contributed by atoms with Gasteiger partial charge in [0.05, 0.1) is 11.0 Å². The molecule has 4 heteroatoms. The van der Waals surface area contributed by atoms with Crippen LogP contribution in [-0.4, -0.2) is 15.9 Å². The second kappa shape index (κ2) is 6.02. The molecule has 0 saturated carbocycles. The van der Waals surface area contributed by atoms with Gasteiger partial charge >= 0.3 is 0 Å². The van der Waals surface area contributed by atoms with E-state index in [1.165, 1.54) is 11.1 Å². The highest BCUT2D eigenvalue weighted by atomic mass is 16.1. The Bertz CT molecular complexity index is 820. The molecule has 22 heavy (non-hydrogen) atoms. The number of amides is 1. The monoisotopic (exact) mass is 293 g/mol. The van der Waals surface area contributed by atoms with Gasteiger partial charge in [0, 0.05) is 12.1 Å². The Morgan fingerprint density at radius 1 is 1.18 bits per heavy atom. The van der Waals surface area contributed by atoms with Crippen molar-refractivity contribution in [1.82, 2.24) is 9.97 Å². The lowest BCUT2D eigenvalue weighted by atomic mass is 10.1. The van der Waals surface area contributed by atoms with Crippen LogP contribution in [0.5, 0.6) is 0 Å². The summed E-state index contributed by atoms with van der Waals surface area (Å²) in [6.07, 6.45) is 1.22. The lowest BCUT2D eigenvalue weighted by Gasteiger charge is -2.06. The second-order valence-corrected chi connectivity index (χ2v) is 5.59. The summed E-state index contributed by atoms with van der Waals surface area (Å²) < 4.78 is 0. The SMILES string of the molecule is Cc1cccc(CCC(=O)Nc2ccc3nc(C)[nH]c3c2)c1. The summed E-state index contributed by atoms with van der Waals surface area (Å²) in [5.41, 5.74) is 5.06. The van der Waals surface area contributed by atoms with E-state index in [9.17, 15) is 4.79 Å². The van der Waals surface area contributed by atoms with E-state index in [0.717, 1.165) is 29.0 Å². The Morgan fingerprint density at radius 3 is 2.86 bits per heavy atom. The highest BCUT2D eigenvalue weighted by Gasteiger charge is 2.05. The quantitative estimate of drug-likeness (QED) is 0.769. The molecule has 4 nitrogen and oxygen atoms in total. The van der Waals surface area contributed by atoms with Crippen LogP contribution in [0.3, 0.4) is 0 Å². The fraction of sp³-hybridized carbons (Fsp3) is 0.222. The zero-order valence-corrected chi connectivity index (χ0v) is 12.8. The number of hydrogen-bond acceptors (Lipinski definition) is 2. The molecule has 2 N–H and O–H groups in total. The number of aromatic amines is 1. The maximum atomic E-state index is 12.1.